The molecular weight excluding hydrogens is 264 g/mol. The zero-order valence-corrected chi connectivity index (χ0v) is 12.7. The summed E-state index contributed by atoms with van der Waals surface area (Å²) in [5, 5.41) is 10.3. The molecule has 2 aliphatic rings. The standard InChI is InChI=1S/C17H24N2O2/c1-2-19(10-14-6-4-3-5-7-14)16(20)11-18-12-17(21,13-18)15-8-9-15/h3-7,15,21H,2,8-13H2,1H3. The zero-order valence-electron chi connectivity index (χ0n) is 12.7. The summed E-state index contributed by atoms with van der Waals surface area (Å²) in [5.74, 6) is 0.634. The molecule has 1 saturated carbocycles. The van der Waals surface area contributed by atoms with Crippen molar-refractivity contribution in [3.05, 3.63) is 35.9 Å². The first-order valence-corrected chi connectivity index (χ1v) is 7.87. The fraction of sp³-hybridized carbons (Fsp3) is 0.588. The lowest BCUT2D eigenvalue weighted by molar-refractivity contribution is -0.145. The van der Waals surface area contributed by atoms with Crippen molar-refractivity contribution in [3.8, 4) is 0 Å². The predicted molar refractivity (Wildman–Crippen MR) is 81.6 cm³/mol. The highest BCUT2D eigenvalue weighted by Gasteiger charge is 2.52. The second kappa shape index (κ2) is 5.78. The van der Waals surface area contributed by atoms with Gasteiger partial charge in [0.05, 0.1) is 12.1 Å². The molecule has 1 heterocycles. The van der Waals surface area contributed by atoms with E-state index in [4.69, 9.17) is 0 Å². The maximum Gasteiger partial charge on any atom is 0.237 e. The molecule has 0 atom stereocenters. The number of amides is 1. The van der Waals surface area contributed by atoms with E-state index in [2.05, 4.69) is 4.90 Å². The van der Waals surface area contributed by atoms with E-state index in [0.29, 0.717) is 38.6 Å². The Morgan fingerprint density at radius 3 is 2.57 bits per heavy atom. The molecule has 1 saturated heterocycles. The average Bonchev–Trinajstić information content (AvgIpc) is 3.28. The van der Waals surface area contributed by atoms with Crippen molar-refractivity contribution < 1.29 is 9.90 Å². The normalized spacial score (nSPS) is 20.9. The Hall–Kier alpha value is -1.39. The van der Waals surface area contributed by atoms with Crippen LogP contribution < -0.4 is 0 Å². The first-order valence-electron chi connectivity index (χ1n) is 7.87. The molecule has 1 amide bonds. The summed E-state index contributed by atoms with van der Waals surface area (Å²) < 4.78 is 0. The molecule has 4 nitrogen and oxygen atoms in total. The number of rotatable bonds is 6. The van der Waals surface area contributed by atoms with E-state index in [-0.39, 0.29) is 5.91 Å². The lowest BCUT2D eigenvalue weighted by Crippen LogP contribution is -2.64. The van der Waals surface area contributed by atoms with Crippen molar-refractivity contribution >= 4 is 5.91 Å². The summed E-state index contributed by atoms with van der Waals surface area (Å²) in [4.78, 5) is 16.3. The second-order valence-electron chi connectivity index (χ2n) is 6.42. The van der Waals surface area contributed by atoms with Gasteiger partial charge in [-0.2, -0.15) is 0 Å². The van der Waals surface area contributed by atoms with Crippen molar-refractivity contribution in [1.29, 1.82) is 0 Å². The van der Waals surface area contributed by atoms with Gasteiger partial charge >= 0.3 is 0 Å². The lowest BCUT2D eigenvalue weighted by atomic mass is 9.89. The van der Waals surface area contributed by atoms with Crippen LogP contribution in [0.1, 0.15) is 25.3 Å². The highest BCUT2D eigenvalue weighted by atomic mass is 16.3. The minimum Gasteiger partial charge on any atom is -0.387 e. The van der Waals surface area contributed by atoms with Crippen LogP contribution in [-0.4, -0.2) is 52.6 Å². The van der Waals surface area contributed by atoms with Gasteiger partial charge in [-0.05, 0) is 31.2 Å². The Morgan fingerprint density at radius 2 is 2.00 bits per heavy atom. The van der Waals surface area contributed by atoms with E-state index in [0.717, 1.165) is 18.4 Å². The third kappa shape index (κ3) is 3.27. The Balaban J connectivity index is 1.49. The Bertz CT molecular complexity index is 493. The first-order chi connectivity index (χ1) is 10.1. The van der Waals surface area contributed by atoms with Gasteiger partial charge < -0.3 is 10.0 Å². The second-order valence-corrected chi connectivity index (χ2v) is 6.42. The minimum absolute atomic E-state index is 0.152. The summed E-state index contributed by atoms with van der Waals surface area (Å²) in [5.41, 5.74) is 0.655. The van der Waals surface area contributed by atoms with Gasteiger partial charge in [0.2, 0.25) is 5.91 Å². The molecule has 0 bridgehead atoms. The SMILES string of the molecule is CCN(Cc1ccccc1)C(=O)CN1CC(O)(C2CC2)C1. The lowest BCUT2D eigenvalue weighted by Gasteiger charge is -2.47. The molecule has 0 aromatic heterocycles. The van der Waals surface area contributed by atoms with Crippen LogP contribution in [0.2, 0.25) is 0 Å². The Labute approximate surface area is 126 Å². The number of carbonyl (C=O) groups excluding carboxylic acids is 1. The smallest absolute Gasteiger partial charge is 0.237 e. The zero-order chi connectivity index (χ0) is 14.9. The van der Waals surface area contributed by atoms with Gasteiger partial charge in [-0.25, -0.2) is 0 Å². The van der Waals surface area contributed by atoms with E-state index in [1.807, 2.05) is 42.2 Å². The molecule has 0 spiro atoms. The molecule has 2 fully saturated rings. The molecule has 1 aromatic carbocycles. The molecule has 4 heteroatoms. The fourth-order valence-corrected chi connectivity index (χ4v) is 3.19. The fourth-order valence-electron chi connectivity index (χ4n) is 3.19. The van der Waals surface area contributed by atoms with Crippen molar-refractivity contribution in [3.63, 3.8) is 0 Å². The summed E-state index contributed by atoms with van der Waals surface area (Å²) in [7, 11) is 0. The Morgan fingerprint density at radius 1 is 1.33 bits per heavy atom. The molecule has 1 N–H and O–H groups in total. The maximum absolute atomic E-state index is 12.4. The molecule has 1 aliphatic heterocycles. The molecule has 1 aliphatic carbocycles. The number of benzene rings is 1. The number of hydrogen-bond donors (Lipinski definition) is 1. The number of β-amino-alcohol motifs (C(OH)–C–C–N with tert-alkyl or cyclic N) is 1. The topological polar surface area (TPSA) is 43.8 Å². The van der Waals surface area contributed by atoms with E-state index in [1.54, 1.807) is 0 Å². The monoisotopic (exact) mass is 288 g/mol. The summed E-state index contributed by atoms with van der Waals surface area (Å²) in [6.45, 7) is 5.14. The summed E-state index contributed by atoms with van der Waals surface area (Å²) >= 11 is 0. The molecule has 1 aromatic rings. The van der Waals surface area contributed by atoms with Gasteiger partial charge in [0.15, 0.2) is 0 Å². The first kappa shape index (κ1) is 14.5. The third-order valence-corrected chi connectivity index (χ3v) is 4.64. The average molecular weight is 288 g/mol. The molecular formula is C17H24N2O2. The van der Waals surface area contributed by atoms with Crippen LogP contribution in [0.25, 0.3) is 0 Å². The van der Waals surface area contributed by atoms with Gasteiger partial charge in [0.1, 0.15) is 0 Å². The molecule has 3 rings (SSSR count). The summed E-state index contributed by atoms with van der Waals surface area (Å²) in [6.07, 6.45) is 2.29. The van der Waals surface area contributed by atoms with Gasteiger partial charge in [0, 0.05) is 26.2 Å². The van der Waals surface area contributed by atoms with E-state index in [1.165, 1.54) is 0 Å². The van der Waals surface area contributed by atoms with Crippen LogP contribution >= 0.6 is 0 Å². The number of nitrogens with zero attached hydrogens (tertiary/aromatic N) is 2. The van der Waals surface area contributed by atoms with Gasteiger partial charge in [-0.3, -0.25) is 9.69 Å². The number of likely N-dealkylation sites (tertiary alicyclic amines) is 1. The van der Waals surface area contributed by atoms with E-state index in [9.17, 15) is 9.90 Å². The van der Waals surface area contributed by atoms with Crippen molar-refractivity contribution in [2.75, 3.05) is 26.2 Å². The predicted octanol–water partition coefficient (Wildman–Crippen LogP) is 1.49. The third-order valence-electron chi connectivity index (χ3n) is 4.64. The van der Waals surface area contributed by atoms with Crippen molar-refractivity contribution in [2.24, 2.45) is 5.92 Å². The van der Waals surface area contributed by atoms with Gasteiger partial charge in [0.25, 0.3) is 0 Å². The molecule has 0 unspecified atom stereocenters. The van der Waals surface area contributed by atoms with Gasteiger partial charge in [-0.15, -0.1) is 0 Å². The molecule has 114 valence electrons. The van der Waals surface area contributed by atoms with Crippen LogP contribution in [0, 0.1) is 5.92 Å². The quantitative estimate of drug-likeness (QED) is 0.862. The van der Waals surface area contributed by atoms with E-state index < -0.39 is 5.60 Å². The minimum atomic E-state index is -0.503. The maximum atomic E-state index is 12.4. The highest BCUT2D eigenvalue weighted by Crippen LogP contribution is 2.44. The van der Waals surface area contributed by atoms with Crippen molar-refractivity contribution in [2.45, 2.75) is 31.9 Å². The largest absolute Gasteiger partial charge is 0.387 e. The number of aliphatic hydroxyl groups is 1. The van der Waals surface area contributed by atoms with Crippen molar-refractivity contribution in [1.82, 2.24) is 9.80 Å². The number of hydrogen-bond acceptors (Lipinski definition) is 3. The van der Waals surface area contributed by atoms with Gasteiger partial charge in [-0.1, -0.05) is 30.3 Å². The highest BCUT2D eigenvalue weighted by molar-refractivity contribution is 5.78. The van der Waals surface area contributed by atoms with Crippen LogP contribution in [0.15, 0.2) is 30.3 Å². The number of carbonyl (C=O) groups is 1. The summed E-state index contributed by atoms with van der Waals surface area (Å²) in [6, 6.07) is 10.1. The van der Waals surface area contributed by atoms with Crippen LogP contribution in [-0.2, 0) is 11.3 Å². The van der Waals surface area contributed by atoms with Crippen LogP contribution in [0.4, 0.5) is 0 Å². The van der Waals surface area contributed by atoms with E-state index >= 15 is 0 Å². The van der Waals surface area contributed by atoms with Crippen LogP contribution in [0.5, 0.6) is 0 Å². The number of likely N-dealkylation sites (N-methyl/N-ethyl adjacent to an activating group) is 1. The molecule has 21 heavy (non-hydrogen) atoms. The Kier molecular flexibility index (Phi) is 4.00. The molecule has 0 radical (unpaired) electrons. The van der Waals surface area contributed by atoms with Crippen LogP contribution in [0.3, 0.4) is 0 Å².